The second kappa shape index (κ2) is 8.25. The van der Waals surface area contributed by atoms with Gasteiger partial charge in [-0.25, -0.2) is 0 Å². The molecule has 1 rings (SSSR count). The van der Waals surface area contributed by atoms with Crippen LogP contribution in [0.25, 0.3) is 0 Å². The molecule has 1 aromatic carbocycles. The average molecular weight is 300 g/mol. The Balaban J connectivity index is 2.60. The molecule has 0 bridgehead atoms. The number of ether oxygens (including phenoxy) is 1. The van der Waals surface area contributed by atoms with Crippen LogP contribution in [0.4, 0.5) is 0 Å². The number of esters is 1. The molecule has 5 heteroatoms. The molecule has 0 amide bonds. The van der Waals surface area contributed by atoms with Gasteiger partial charge in [-0.3, -0.25) is 9.69 Å². The van der Waals surface area contributed by atoms with Crippen LogP contribution in [0, 0.1) is 0 Å². The predicted molar refractivity (Wildman–Crippen MR) is 79.8 cm³/mol. The third-order valence-corrected chi connectivity index (χ3v) is 3.48. The minimum Gasteiger partial charge on any atom is -0.469 e. The molecule has 0 saturated heterocycles. The summed E-state index contributed by atoms with van der Waals surface area (Å²) in [6, 6.07) is 7.38. The summed E-state index contributed by atoms with van der Waals surface area (Å²) in [5.41, 5.74) is 0.818. The summed E-state index contributed by atoms with van der Waals surface area (Å²) in [7, 11) is 1.38. The summed E-state index contributed by atoms with van der Waals surface area (Å²) in [5, 5.41) is 10.9. The standard InChI is InChI=1S/C15H22ClNO3/c1-11(2)17(9-8-15(19)20-3)10-14(18)12-4-6-13(16)7-5-12/h4-7,11,14,18H,8-10H2,1-3H3. The van der Waals surface area contributed by atoms with Crippen LogP contribution in [0.3, 0.4) is 0 Å². The van der Waals surface area contributed by atoms with E-state index in [0.717, 1.165) is 5.56 Å². The number of carbonyl (C=O) groups is 1. The first-order valence-electron chi connectivity index (χ1n) is 6.68. The second-order valence-electron chi connectivity index (χ2n) is 4.98. The van der Waals surface area contributed by atoms with E-state index in [1.165, 1.54) is 7.11 Å². The summed E-state index contributed by atoms with van der Waals surface area (Å²) in [4.78, 5) is 13.3. The molecule has 0 aliphatic carbocycles. The highest BCUT2D eigenvalue weighted by molar-refractivity contribution is 6.30. The quantitative estimate of drug-likeness (QED) is 0.786. The van der Waals surface area contributed by atoms with Crippen molar-refractivity contribution in [3.05, 3.63) is 34.9 Å². The van der Waals surface area contributed by atoms with Gasteiger partial charge in [0.2, 0.25) is 0 Å². The first-order chi connectivity index (χ1) is 9.43. The van der Waals surface area contributed by atoms with E-state index in [1.54, 1.807) is 12.1 Å². The van der Waals surface area contributed by atoms with Crippen molar-refractivity contribution >= 4 is 17.6 Å². The zero-order valence-corrected chi connectivity index (χ0v) is 12.9. The number of methoxy groups -OCH3 is 1. The van der Waals surface area contributed by atoms with E-state index in [-0.39, 0.29) is 12.0 Å². The molecule has 0 aliphatic rings. The van der Waals surface area contributed by atoms with Gasteiger partial charge in [0.1, 0.15) is 0 Å². The molecule has 112 valence electrons. The van der Waals surface area contributed by atoms with Crippen molar-refractivity contribution in [1.82, 2.24) is 4.90 Å². The maximum absolute atomic E-state index is 11.2. The third kappa shape index (κ3) is 5.49. The highest BCUT2D eigenvalue weighted by Gasteiger charge is 2.17. The number of carbonyl (C=O) groups excluding carboxylic acids is 1. The Morgan fingerprint density at radius 3 is 2.45 bits per heavy atom. The zero-order valence-electron chi connectivity index (χ0n) is 12.2. The van der Waals surface area contributed by atoms with E-state index in [0.29, 0.717) is 24.5 Å². The van der Waals surface area contributed by atoms with Crippen LogP contribution in [0.15, 0.2) is 24.3 Å². The van der Waals surface area contributed by atoms with Gasteiger partial charge in [-0.15, -0.1) is 0 Å². The fourth-order valence-electron chi connectivity index (χ4n) is 1.91. The number of rotatable bonds is 7. The lowest BCUT2D eigenvalue weighted by Gasteiger charge is -2.28. The summed E-state index contributed by atoms with van der Waals surface area (Å²) in [5.74, 6) is -0.239. The van der Waals surface area contributed by atoms with E-state index in [1.807, 2.05) is 26.0 Å². The van der Waals surface area contributed by atoms with Crippen LogP contribution in [-0.4, -0.2) is 42.2 Å². The SMILES string of the molecule is COC(=O)CCN(CC(O)c1ccc(Cl)cc1)C(C)C. The highest BCUT2D eigenvalue weighted by Crippen LogP contribution is 2.18. The number of hydrogen-bond donors (Lipinski definition) is 1. The van der Waals surface area contributed by atoms with Crippen molar-refractivity contribution in [2.75, 3.05) is 20.2 Å². The van der Waals surface area contributed by atoms with Crippen molar-refractivity contribution in [2.45, 2.75) is 32.4 Å². The first-order valence-corrected chi connectivity index (χ1v) is 7.06. The zero-order chi connectivity index (χ0) is 15.1. The number of halogens is 1. The number of benzene rings is 1. The fourth-order valence-corrected chi connectivity index (χ4v) is 2.04. The molecule has 1 aromatic rings. The van der Waals surface area contributed by atoms with E-state index < -0.39 is 6.10 Å². The number of aliphatic hydroxyl groups excluding tert-OH is 1. The van der Waals surface area contributed by atoms with Crippen LogP contribution < -0.4 is 0 Å². The predicted octanol–water partition coefficient (Wildman–Crippen LogP) is 2.65. The van der Waals surface area contributed by atoms with Gasteiger partial charge in [0, 0.05) is 24.2 Å². The van der Waals surface area contributed by atoms with E-state index in [4.69, 9.17) is 11.6 Å². The van der Waals surface area contributed by atoms with Gasteiger partial charge >= 0.3 is 5.97 Å². The van der Waals surface area contributed by atoms with Gasteiger partial charge in [-0.2, -0.15) is 0 Å². The number of hydrogen-bond acceptors (Lipinski definition) is 4. The molecule has 20 heavy (non-hydrogen) atoms. The summed E-state index contributed by atoms with van der Waals surface area (Å²) in [6.07, 6.45) is -0.283. The van der Waals surface area contributed by atoms with Gasteiger partial charge in [-0.1, -0.05) is 23.7 Å². The molecule has 0 saturated carbocycles. The maximum Gasteiger partial charge on any atom is 0.306 e. The molecule has 0 aromatic heterocycles. The van der Waals surface area contributed by atoms with Crippen molar-refractivity contribution in [3.8, 4) is 0 Å². The minimum atomic E-state index is -0.604. The van der Waals surface area contributed by atoms with Crippen LogP contribution in [0.1, 0.15) is 31.9 Å². The maximum atomic E-state index is 11.2. The highest BCUT2D eigenvalue weighted by atomic mass is 35.5. The van der Waals surface area contributed by atoms with Crippen molar-refractivity contribution < 1.29 is 14.6 Å². The molecular formula is C15H22ClNO3. The lowest BCUT2D eigenvalue weighted by atomic mass is 10.1. The Hall–Kier alpha value is -1.10. The van der Waals surface area contributed by atoms with E-state index in [9.17, 15) is 9.90 Å². The van der Waals surface area contributed by atoms with Crippen molar-refractivity contribution in [3.63, 3.8) is 0 Å². The van der Waals surface area contributed by atoms with Gasteiger partial charge in [0.25, 0.3) is 0 Å². The molecule has 1 N–H and O–H groups in total. The Labute approximate surface area is 125 Å². The molecule has 0 aliphatic heterocycles. The normalized spacial score (nSPS) is 12.8. The third-order valence-electron chi connectivity index (χ3n) is 3.22. The fraction of sp³-hybridized carbons (Fsp3) is 0.533. The Bertz CT molecular complexity index is 420. The summed E-state index contributed by atoms with van der Waals surface area (Å²) < 4.78 is 4.64. The molecule has 0 spiro atoms. The van der Waals surface area contributed by atoms with Gasteiger partial charge in [-0.05, 0) is 31.5 Å². The van der Waals surface area contributed by atoms with Gasteiger partial charge in [0.15, 0.2) is 0 Å². The molecule has 0 radical (unpaired) electrons. The van der Waals surface area contributed by atoms with E-state index >= 15 is 0 Å². The minimum absolute atomic E-state index is 0.238. The van der Waals surface area contributed by atoms with Crippen molar-refractivity contribution in [1.29, 1.82) is 0 Å². The summed E-state index contributed by atoms with van der Waals surface area (Å²) >= 11 is 5.83. The first kappa shape index (κ1) is 17.0. The average Bonchev–Trinajstić information content (AvgIpc) is 2.43. The van der Waals surface area contributed by atoms with Crippen LogP contribution in [0.2, 0.25) is 5.02 Å². The lowest BCUT2D eigenvalue weighted by Crippen LogP contribution is -2.36. The van der Waals surface area contributed by atoms with Gasteiger partial charge in [0.05, 0.1) is 19.6 Å². The topological polar surface area (TPSA) is 49.8 Å². The molecular weight excluding hydrogens is 278 g/mol. The van der Waals surface area contributed by atoms with Gasteiger partial charge < -0.3 is 9.84 Å². The monoisotopic (exact) mass is 299 g/mol. The molecule has 1 atom stereocenters. The molecule has 1 unspecified atom stereocenters. The second-order valence-corrected chi connectivity index (χ2v) is 5.42. The summed E-state index contributed by atoms with van der Waals surface area (Å²) in [6.45, 7) is 5.10. The number of nitrogens with zero attached hydrogens (tertiary/aromatic N) is 1. The smallest absolute Gasteiger partial charge is 0.306 e. The van der Waals surface area contributed by atoms with Crippen LogP contribution >= 0.6 is 11.6 Å². The molecule has 4 nitrogen and oxygen atoms in total. The Morgan fingerprint density at radius 2 is 1.95 bits per heavy atom. The number of aliphatic hydroxyl groups is 1. The Morgan fingerprint density at radius 1 is 1.35 bits per heavy atom. The van der Waals surface area contributed by atoms with Crippen LogP contribution in [0.5, 0.6) is 0 Å². The van der Waals surface area contributed by atoms with Crippen molar-refractivity contribution in [2.24, 2.45) is 0 Å². The van der Waals surface area contributed by atoms with Crippen LogP contribution in [-0.2, 0) is 9.53 Å². The largest absolute Gasteiger partial charge is 0.469 e. The lowest BCUT2D eigenvalue weighted by molar-refractivity contribution is -0.141. The Kier molecular flexibility index (Phi) is 6.99. The van der Waals surface area contributed by atoms with E-state index in [2.05, 4.69) is 9.64 Å². The molecule has 0 heterocycles. The molecule has 0 fully saturated rings.